The highest BCUT2D eigenvalue weighted by atomic mass is 16.5. The quantitative estimate of drug-likeness (QED) is 0.838. The lowest BCUT2D eigenvalue weighted by atomic mass is 9.78. The lowest BCUT2D eigenvalue weighted by Gasteiger charge is -2.36. The molecule has 1 aliphatic heterocycles. The maximum atomic E-state index is 9.03. The minimum Gasteiger partial charge on any atom is -0.497 e. The van der Waals surface area contributed by atoms with Crippen LogP contribution in [0, 0.1) is 12.8 Å². The number of ether oxygens (including phenoxy) is 1. The van der Waals surface area contributed by atoms with Gasteiger partial charge in [-0.05, 0) is 74.5 Å². The van der Waals surface area contributed by atoms with E-state index in [-0.39, 0.29) is 6.61 Å². The van der Waals surface area contributed by atoms with Gasteiger partial charge >= 0.3 is 0 Å². The van der Waals surface area contributed by atoms with E-state index in [9.17, 15) is 0 Å². The van der Waals surface area contributed by atoms with Crippen LogP contribution in [0.2, 0.25) is 0 Å². The first-order valence-corrected chi connectivity index (χ1v) is 7.87. The van der Waals surface area contributed by atoms with E-state index in [1.807, 2.05) is 6.07 Å². The van der Waals surface area contributed by atoms with Gasteiger partial charge in [-0.2, -0.15) is 0 Å². The summed E-state index contributed by atoms with van der Waals surface area (Å²) >= 11 is 0. The average molecular weight is 292 g/mol. The fourth-order valence-electron chi connectivity index (χ4n) is 3.48. The maximum Gasteiger partial charge on any atom is 0.119 e. The van der Waals surface area contributed by atoms with Crippen LogP contribution >= 0.6 is 0 Å². The molecule has 4 heteroatoms. The number of rotatable bonds is 6. The number of aliphatic hydroxyl groups is 1. The van der Waals surface area contributed by atoms with Crippen LogP contribution in [0.3, 0.4) is 0 Å². The highest BCUT2D eigenvalue weighted by Gasteiger charge is 2.27. The molecule has 118 valence electrons. The summed E-state index contributed by atoms with van der Waals surface area (Å²) in [6.45, 7) is 6.01. The van der Waals surface area contributed by atoms with Gasteiger partial charge in [-0.25, -0.2) is 0 Å². The molecule has 0 radical (unpaired) electrons. The number of nitrogens with two attached hydrogens (primary N) is 1. The van der Waals surface area contributed by atoms with Crippen molar-refractivity contribution in [3.63, 3.8) is 0 Å². The van der Waals surface area contributed by atoms with Crippen molar-refractivity contribution in [3.05, 3.63) is 29.3 Å². The second kappa shape index (κ2) is 7.78. The van der Waals surface area contributed by atoms with Crippen LogP contribution < -0.4 is 10.5 Å². The third-order valence-electron chi connectivity index (χ3n) is 4.75. The van der Waals surface area contributed by atoms with Crippen LogP contribution in [0.5, 0.6) is 5.75 Å². The van der Waals surface area contributed by atoms with Gasteiger partial charge in [-0.3, -0.25) is 0 Å². The Balaban J connectivity index is 2.06. The fourth-order valence-corrected chi connectivity index (χ4v) is 3.48. The molecule has 0 amide bonds. The first kappa shape index (κ1) is 16.3. The van der Waals surface area contributed by atoms with Gasteiger partial charge in [0.05, 0.1) is 13.7 Å². The van der Waals surface area contributed by atoms with E-state index in [2.05, 4.69) is 24.0 Å². The molecule has 1 heterocycles. The number of piperidine rings is 1. The van der Waals surface area contributed by atoms with Crippen molar-refractivity contribution in [1.29, 1.82) is 0 Å². The Bertz CT molecular complexity index is 442. The van der Waals surface area contributed by atoms with Crippen molar-refractivity contribution in [1.82, 2.24) is 4.90 Å². The summed E-state index contributed by atoms with van der Waals surface area (Å²) in [6.07, 6.45) is 2.32. The van der Waals surface area contributed by atoms with Crippen molar-refractivity contribution in [2.24, 2.45) is 11.7 Å². The molecular formula is C17H28N2O2. The molecule has 0 bridgehead atoms. The fraction of sp³-hybridized carbons (Fsp3) is 0.647. The summed E-state index contributed by atoms with van der Waals surface area (Å²) in [5.41, 5.74) is 8.71. The number of hydrogen-bond acceptors (Lipinski definition) is 4. The second-order valence-corrected chi connectivity index (χ2v) is 5.97. The number of hydrogen-bond donors (Lipinski definition) is 2. The molecule has 0 aliphatic carbocycles. The molecule has 1 aromatic rings. The normalized spacial score (nSPS) is 18.7. The van der Waals surface area contributed by atoms with E-state index in [1.165, 1.54) is 11.1 Å². The Morgan fingerprint density at radius 2 is 2.10 bits per heavy atom. The summed E-state index contributed by atoms with van der Waals surface area (Å²) in [5.74, 6) is 1.97. The predicted octanol–water partition coefficient (Wildman–Crippen LogP) is 1.75. The largest absolute Gasteiger partial charge is 0.497 e. The molecule has 4 nitrogen and oxygen atoms in total. The van der Waals surface area contributed by atoms with Gasteiger partial charge in [0, 0.05) is 6.54 Å². The SMILES string of the molecule is COc1ccc(C(CN)C2CCN(CCO)CC2)c(C)c1. The zero-order chi connectivity index (χ0) is 15.2. The Morgan fingerprint density at radius 3 is 2.62 bits per heavy atom. The topological polar surface area (TPSA) is 58.7 Å². The Hall–Kier alpha value is -1.10. The number of β-amino-alcohol motifs (C(OH)–C–C–N with tert-alkyl or cyclic N) is 1. The van der Waals surface area contributed by atoms with Gasteiger partial charge in [0.15, 0.2) is 0 Å². The zero-order valence-corrected chi connectivity index (χ0v) is 13.2. The van der Waals surface area contributed by atoms with Gasteiger partial charge < -0.3 is 20.5 Å². The highest BCUT2D eigenvalue weighted by molar-refractivity contribution is 5.37. The van der Waals surface area contributed by atoms with E-state index < -0.39 is 0 Å². The number of nitrogens with zero attached hydrogens (tertiary/aromatic N) is 1. The molecule has 0 spiro atoms. The number of benzene rings is 1. The van der Waals surface area contributed by atoms with Gasteiger partial charge in [-0.15, -0.1) is 0 Å². The molecule has 1 aromatic carbocycles. The molecule has 1 unspecified atom stereocenters. The van der Waals surface area contributed by atoms with Crippen molar-refractivity contribution in [3.8, 4) is 5.75 Å². The minimum absolute atomic E-state index is 0.253. The molecule has 1 saturated heterocycles. The van der Waals surface area contributed by atoms with Crippen LogP contribution in [0.15, 0.2) is 18.2 Å². The standard InChI is InChI=1S/C17H28N2O2/c1-13-11-15(21-2)3-4-16(13)17(12-18)14-5-7-19(8-6-14)9-10-20/h3-4,11,14,17,20H,5-10,12,18H2,1-2H3. The maximum absolute atomic E-state index is 9.03. The smallest absolute Gasteiger partial charge is 0.119 e. The highest BCUT2D eigenvalue weighted by Crippen LogP contribution is 2.34. The summed E-state index contributed by atoms with van der Waals surface area (Å²) in [5, 5.41) is 9.03. The van der Waals surface area contributed by atoms with Gasteiger partial charge in [0.1, 0.15) is 5.75 Å². The van der Waals surface area contributed by atoms with E-state index in [4.69, 9.17) is 15.6 Å². The lowest BCUT2D eigenvalue weighted by molar-refractivity contribution is 0.138. The van der Waals surface area contributed by atoms with Gasteiger partial charge in [0.2, 0.25) is 0 Å². The Morgan fingerprint density at radius 1 is 1.38 bits per heavy atom. The van der Waals surface area contributed by atoms with Crippen LogP contribution in [-0.4, -0.2) is 49.9 Å². The van der Waals surface area contributed by atoms with E-state index in [1.54, 1.807) is 7.11 Å². The molecule has 1 atom stereocenters. The molecule has 0 saturated carbocycles. The number of aryl methyl sites for hydroxylation is 1. The summed E-state index contributed by atoms with van der Waals surface area (Å²) in [6, 6.07) is 6.30. The third-order valence-corrected chi connectivity index (χ3v) is 4.75. The molecule has 0 aromatic heterocycles. The minimum atomic E-state index is 0.253. The summed E-state index contributed by atoms with van der Waals surface area (Å²) in [4.78, 5) is 2.34. The van der Waals surface area contributed by atoms with Crippen molar-refractivity contribution in [2.75, 3.05) is 39.9 Å². The van der Waals surface area contributed by atoms with Gasteiger partial charge in [-0.1, -0.05) is 6.07 Å². The first-order valence-electron chi connectivity index (χ1n) is 7.87. The van der Waals surface area contributed by atoms with Crippen molar-refractivity contribution < 1.29 is 9.84 Å². The number of likely N-dealkylation sites (tertiary alicyclic amines) is 1. The van der Waals surface area contributed by atoms with E-state index in [0.29, 0.717) is 18.4 Å². The van der Waals surface area contributed by atoms with Crippen molar-refractivity contribution >= 4 is 0 Å². The predicted molar refractivity (Wildman–Crippen MR) is 85.8 cm³/mol. The molecular weight excluding hydrogens is 264 g/mol. The van der Waals surface area contributed by atoms with Crippen LogP contribution in [0.4, 0.5) is 0 Å². The molecule has 2 rings (SSSR count). The monoisotopic (exact) mass is 292 g/mol. The van der Waals surface area contributed by atoms with Crippen molar-refractivity contribution in [2.45, 2.75) is 25.7 Å². The second-order valence-electron chi connectivity index (χ2n) is 5.97. The summed E-state index contributed by atoms with van der Waals surface area (Å²) < 4.78 is 5.29. The molecule has 3 N–H and O–H groups in total. The van der Waals surface area contributed by atoms with Crippen LogP contribution in [0.25, 0.3) is 0 Å². The molecule has 1 aliphatic rings. The lowest BCUT2D eigenvalue weighted by Crippen LogP contribution is -2.38. The Labute approximate surface area is 127 Å². The van der Waals surface area contributed by atoms with E-state index >= 15 is 0 Å². The number of aliphatic hydroxyl groups excluding tert-OH is 1. The average Bonchev–Trinajstić information content (AvgIpc) is 2.51. The first-order chi connectivity index (χ1) is 10.2. The van der Waals surface area contributed by atoms with E-state index in [0.717, 1.165) is 38.2 Å². The zero-order valence-electron chi connectivity index (χ0n) is 13.2. The number of methoxy groups -OCH3 is 1. The van der Waals surface area contributed by atoms with Crippen LogP contribution in [0.1, 0.15) is 29.9 Å². The Kier molecular flexibility index (Phi) is 6.03. The van der Waals surface area contributed by atoms with Gasteiger partial charge in [0.25, 0.3) is 0 Å². The van der Waals surface area contributed by atoms with Crippen LogP contribution in [-0.2, 0) is 0 Å². The third kappa shape index (κ3) is 3.96. The molecule has 1 fully saturated rings. The molecule has 21 heavy (non-hydrogen) atoms. The summed E-state index contributed by atoms with van der Waals surface area (Å²) in [7, 11) is 1.70.